The van der Waals surface area contributed by atoms with E-state index in [2.05, 4.69) is 38.5 Å². The number of aromatic nitrogens is 3. The van der Waals surface area contributed by atoms with Gasteiger partial charge in [-0.15, -0.1) is 10.5 Å². The van der Waals surface area contributed by atoms with Gasteiger partial charge in [0.2, 0.25) is 0 Å². The van der Waals surface area contributed by atoms with Crippen LogP contribution in [0.1, 0.15) is 11.3 Å². The lowest BCUT2D eigenvalue weighted by atomic mass is 10.1. The van der Waals surface area contributed by atoms with Crippen LogP contribution in [0.15, 0.2) is 107 Å². The quantitative estimate of drug-likeness (QED) is 0.311. The van der Waals surface area contributed by atoms with Gasteiger partial charge in [0, 0.05) is 29.4 Å². The molecular formula is C28H26N6O2S. The topological polar surface area (TPSA) is 98.8 Å². The van der Waals surface area contributed by atoms with E-state index in [0.29, 0.717) is 18.9 Å². The summed E-state index contributed by atoms with van der Waals surface area (Å²) >= 11 is 0. The van der Waals surface area contributed by atoms with Crippen LogP contribution in [0.25, 0.3) is 10.9 Å². The molecule has 0 amide bonds. The van der Waals surface area contributed by atoms with Crippen molar-refractivity contribution in [2.24, 2.45) is 4.99 Å². The summed E-state index contributed by atoms with van der Waals surface area (Å²) in [6, 6.07) is 22.1. The molecule has 4 aromatic rings. The summed E-state index contributed by atoms with van der Waals surface area (Å²) in [5.74, 6) is 0.705. The van der Waals surface area contributed by atoms with Gasteiger partial charge in [0.15, 0.2) is 0 Å². The van der Waals surface area contributed by atoms with E-state index < -0.39 is 15.9 Å². The van der Waals surface area contributed by atoms with Crippen LogP contribution in [-0.4, -0.2) is 53.2 Å². The second-order valence-electron chi connectivity index (χ2n) is 8.76. The summed E-state index contributed by atoms with van der Waals surface area (Å²) < 4.78 is 1.94. The minimum atomic E-state index is -0.865. The number of hydrogen-bond acceptors (Lipinski definition) is 7. The van der Waals surface area contributed by atoms with Gasteiger partial charge in [-0.05, 0) is 47.4 Å². The van der Waals surface area contributed by atoms with Gasteiger partial charge >= 0.3 is 0 Å². The van der Waals surface area contributed by atoms with Crippen molar-refractivity contribution < 1.29 is 10.2 Å². The Bertz CT molecular complexity index is 1560. The van der Waals surface area contributed by atoms with Crippen LogP contribution in [0.4, 0.5) is 5.69 Å². The Morgan fingerprint density at radius 2 is 1.86 bits per heavy atom. The van der Waals surface area contributed by atoms with E-state index in [1.54, 1.807) is 12.5 Å². The van der Waals surface area contributed by atoms with Crippen LogP contribution in [0.2, 0.25) is 0 Å². The smallest absolute Gasteiger partial charge is 0.142 e. The SMILES string of the molecule is OCC(O)S1=C2C(=C(Nc3ccc4c(cnn4Cc4ccccn4)c3)N=CN2Cc2ccccc2)C=C1. The van der Waals surface area contributed by atoms with Crippen molar-refractivity contribution in [1.29, 1.82) is 0 Å². The molecule has 37 heavy (non-hydrogen) atoms. The molecule has 0 radical (unpaired) electrons. The third kappa shape index (κ3) is 4.72. The number of aliphatic hydroxyl groups is 2. The van der Waals surface area contributed by atoms with Gasteiger partial charge in [-0.1, -0.05) is 36.4 Å². The molecule has 8 nitrogen and oxygen atoms in total. The van der Waals surface area contributed by atoms with Gasteiger partial charge in [0.1, 0.15) is 11.3 Å². The lowest BCUT2D eigenvalue weighted by Crippen LogP contribution is -2.34. The summed E-state index contributed by atoms with van der Waals surface area (Å²) in [5, 5.41) is 31.2. The van der Waals surface area contributed by atoms with Gasteiger partial charge in [0.05, 0.1) is 41.9 Å². The van der Waals surface area contributed by atoms with Crippen LogP contribution in [0.5, 0.6) is 0 Å². The van der Waals surface area contributed by atoms with Crippen LogP contribution in [-0.2, 0) is 13.1 Å². The molecule has 2 aromatic carbocycles. The number of rotatable bonds is 8. The lowest BCUT2D eigenvalue weighted by Gasteiger charge is -2.29. The van der Waals surface area contributed by atoms with Crippen LogP contribution < -0.4 is 5.32 Å². The highest BCUT2D eigenvalue weighted by Crippen LogP contribution is 2.37. The molecule has 2 aromatic heterocycles. The minimum absolute atomic E-state index is 0.303. The van der Waals surface area contributed by atoms with Crippen molar-refractivity contribution in [3.63, 3.8) is 0 Å². The standard InChI is InChI=1S/C28H26N6O2S/c35-18-26(36)37-13-11-24-27(30-19-33(28(24)37)16-20-6-2-1-3-7-20)32-22-9-10-25-21(14-22)15-31-34(25)17-23-8-4-5-12-29-23/h1-15,19,26,32,35-36H,16-18H2. The van der Waals surface area contributed by atoms with Crippen molar-refractivity contribution in [2.45, 2.75) is 18.5 Å². The summed E-state index contributed by atoms with van der Waals surface area (Å²) in [6.45, 7) is 0.927. The van der Waals surface area contributed by atoms with E-state index in [1.807, 2.05) is 70.9 Å². The molecule has 0 saturated heterocycles. The Labute approximate surface area is 216 Å². The third-order valence-electron chi connectivity index (χ3n) is 6.26. The van der Waals surface area contributed by atoms with Crippen molar-refractivity contribution >= 4 is 38.4 Å². The minimum Gasteiger partial charge on any atom is -0.393 e. The van der Waals surface area contributed by atoms with Gasteiger partial charge in [-0.25, -0.2) is 4.99 Å². The fraction of sp³-hybridized carbons (Fsp3) is 0.143. The first-order valence-corrected chi connectivity index (χ1v) is 13.3. The molecule has 0 fully saturated rings. The molecule has 0 saturated carbocycles. The Hall–Kier alpha value is -4.05. The third-order valence-corrected chi connectivity index (χ3v) is 8.33. The number of nitrogens with one attached hydrogen (secondary N) is 1. The number of anilines is 1. The summed E-state index contributed by atoms with van der Waals surface area (Å²) in [4.78, 5) is 12.1. The number of aliphatic imine (C=N–C) groups is 1. The summed E-state index contributed by atoms with van der Waals surface area (Å²) in [6.07, 6.45) is 7.43. The van der Waals surface area contributed by atoms with Crippen molar-refractivity contribution in [3.8, 4) is 0 Å². The first-order valence-electron chi connectivity index (χ1n) is 12.0. The van der Waals surface area contributed by atoms with Gasteiger partial charge in [-0.2, -0.15) is 5.10 Å². The molecule has 4 heterocycles. The van der Waals surface area contributed by atoms with Crippen molar-refractivity contribution in [1.82, 2.24) is 19.7 Å². The van der Waals surface area contributed by atoms with Crippen LogP contribution in [0.3, 0.4) is 0 Å². The van der Waals surface area contributed by atoms with E-state index in [1.165, 1.54) is 0 Å². The molecular weight excluding hydrogens is 484 g/mol. The van der Waals surface area contributed by atoms with Crippen molar-refractivity contribution in [2.75, 3.05) is 11.9 Å². The average Bonchev–Trinajstić information content (AvgIpc) is 3.56. The molecule has 2 aliphatic rings. The predicted octanol–water partition coefficient (Wildman–Crippen LogP) is 3.88. The average molecular weight is 511 g/mol. The molecule has 0 bridgehead atoms. The molecule has 186 valence electrons. The van der Waals surface area contributed by atoms with Gasteiger partial charge < -0.3 is 20.4 Å². The number of aliphatic hydroxyl groups excluding tert-OH is 2. The van der Waals surface area contributed by atoms with Gasteiger partial charge in [-0.3, -0.25) is 9.67 Å². The zero-order valence-corrected chi connectivity index (χ0v) is 20.8. The Morgan fingerprint density at radius 1 is 1.00 bits per heavy atom. The molecule has 0 aliphatic carbocycles. The second-order valence-corrected chi connectivity index (χ2v) is 10.7. The normalized spacial score (nSPS) is 17.5. The Balaban J connectivity index is 1.29. The predicted molar refractivity (Wildman–Crippen MR) is 149 cm³/mol. The highest BCUT2D eigenvalue weighted by atomic mass is 32.2. The largest absolute Gasteiger partial charge is 0.393 e. The Kier molecular flexibility index (Phi) is 6.40. The van der Waals surface area contributed by atoms with Crippen LogP contribution in [0, 0.1) is 0 Å². The maximum Gasteiger partial charge on any atom is 0.142 e. The summed E-state index contributed by atoms with van der Waals surface area (Å²) in [7, 11) is -0.650. The molecule has 6 rings (SSSR count). The number of nitrogens with zero attached hydrogens (tertiary/aromatic N) is 5. The molecule has 2 unspecified atom stereocenters. The first kappa shape index (κ1) is 23.4. The zero-order valence-electron chi connectivity index (χ0n) is 20.0. The van der Waals surface area contributed by atoms with Gasteiger partial charge in [0.25, 0.3) is 0 Å². The number of hydrogen-bond donors (Lipinski definition) is 3. The number of benzene rings is 2. The maximum absolute atomic E-state index is 10.5. The van der Waals surface area contributed by atoms with E-state index in [4.69, 9.17) is 4.99 Å². The first-order chi connectivity index (χ1) is 18.2. The van der Waals surface area contributed by atoms with E-state index in [9.17, 15) is 10.2 Å². The Morgan fingerprint density at radius 3 is 2.68 bits per heavy atom. The fourth-order valence-corrected chi connectivity index (χ4v) is 6.30. The highest BCUT2D eigenvalue weighted by molar-refractivity contribution is 8.19. The lowest BCUT2D eigenvalue weighted by molar-refractivity contribution is 0.160. The fourth-order valence-electron chi connectivity index (χ4n) is 4.49. The molecule has 3 N–H and O–H groups in total. The molecule has 2 atom stereocenters. The highest BCUT2D eigenvalue weighted by Gasteiger charge is 2.29. The van der Waals surface area contributed by atoms with E-state index in [-0.39, 0.29) is 6.61 Å². The molecule has 9 heteroatoms. The molecule has 0 spiro atoms. The number of fused-ring (bicyclic) bond motifs is 2. The second kappa shape index (κ2) is 10.1. The summed E-state index contributed by atoms with van der Waals surface area (Å²) in [5.41, 5.74) is 4.06. The molecule has 2 aliphatic heterocycles. The van der Waals surface area contributed by atoms with Crippen LogP contribution >= 0.6 is 10.5 Å². The zero-order chi connectivity index (χ0) is 25.2. The van der Waals surface area contributed by atoms with Crippen molar-refractivity contribution in [3.05, 3.63) is 113 Å². The van der Waals surface area contributed by atoms with E-state index >= 15 is 0 Å². The number of pyridine rings is 1. The van der Waals surface area contributed by atoms with E-state index in [0.717, 1.165) is 38.4 Å². The monoisotopic (exact) mass is 510 g/mol. The maximum atomic E-state index is 10.5.